The summed E-state index contributed by atoms with van der Waals surface area (Å²) in [5.41, 5.74) is -1.17. The fourth-order valence-corrected chi connectivity index (χ4v) is 2.22. The zero-order valence-corrected chi connectivity index (χ0v) is 11.3. The highest BCUT2D eigenvalue weighted by Gasteiger charge is 2.41. The monoisotopic (exact) mass is 241 g/mol. The molecule has 1 amide bonds. The number of aldehydes is 1. The van der Waals surface area contributed by atoms with E-state index in [2.05, 4.69) is 0 Å². The van der Waals surface area contributed by atoms with Gasteiger partial charge < -0.3 is 9.53 Å². The van der Waals surface area contributed by atoms with Crippen molar-refractivity contribution in [2.45, 2.75) is 64.5 Å². The Bertz CT molecular complexity index is 296. The molecule has 1 heterocycles. The summed E-state index contributed by atoms with van der Waals surface area (Å²) in [5, 5.41) is 0. The minimum atomic E-state index is -0.652. The van der Waals surface area contributed by atoms with Crippen LogP contribution in [0.5, 0.6) is 0 Å². The van der Waals surface area contributed by atoms with Gasteiger partial charge in [0, 0.05) is 6.54 Å². The Kier molecular flexibility index (Phi) is 4.17. The Morgan fingerprint density at radius 1 is 1.41 bits per heavy atom. The highest BCUT2D eigenvalue weighted by molar-refractivity contribution is 5.77. The van der Waals surface area contributed by atoms with Crippen molar-refractivity contribution in [3.05, 3.63) is 0 Å². The predicted molar refractivity (Wildman–Crippen MR) is 65.9 cm³/mol. The van der Waals surface area contributed by atoms with Crippen LogP contribution in [0.3, 0.4) is 0 Å². The zero-order valence-electron chi connectivity index (χ0n) is 11.3. The van der Waals surface area contributed by atoms with Crippen LogP contribution in [0.25, 0.3) is 0 Å². The van der Waals surface area contributed by atoms with E-state index in [1.54, 1.807) is 4.90 Å². The van der Waals surface area contributed by atoms with Crippen LogP contribution in [0, 0.1) is 0 Å². The Morgan fingerprint density at radius 2 is 2.06 bits per heavy atom. The number of hydrogen-bond acceptors (Lipinski definition) is 3. The Labute approximate surface area is 103 Å². The molecule has 1 fully saturated rings. The third-order valence-electron chi connectivity index (χ3n) is 3.22. The van der Waals surface area contributed by atoms with E-state index in [4.69, 9.17) is 4.74 Å². The molecule has 1 aliphatic heterocycles. The van der Waals surface area contributed by atoms with Crippen molar-refractivity contribution in [2.75, 3.05) is 6.54 Å². The van der Waals surface area contributed by atoms with Crippen molar-refractivity contribution in [2.24, 2.45) is 0 Å². The molecule has 0 aromatic heterocycles. The molecular weight excluding hydrogens is 218 g/mol. The molecular formula is C13H23NO3. The van der Waals surface area contributed by atoms with Crippen LogP contribution in [-0.2, 0) is 9.53 Å². The first kappa shape index (κ1) is 14.0. The van der Waals surface area contributed by atoms with Crippen LogP contribution >= 0.6 is 0 Å². The van der Waals surface area contributed by atoms with Crippen LogP contribution in [0.15, 0.2) is 0 Å². The molecule has 0 aliphatic carbocycles. The molecule has 0 bridgehead atoms. The first-order valence-electron chi connectivity index (χ1n) is 6.31. The van der Waals surface area contributed by atoms with E-state index < -0.39 is 11.1 Å². The molecule has 4 heteroatoms. The summed E-state index contributed by atoms with van der Waals surface area (Å²) in [6.45, 7) is 8.06. The Morgan fingerprint density at radius 3 is 2.53 bits per heavy atom. The maximum absolute atomic E-state index is 12.1. The van der Waals surface area contributed by atoms with Crippen LogP contribution in [0.4, 0.5) is 4.79 Å². The van der Waals surface area contributed by atoms with E-state index in [0.717, 1.165) is 25.5 Å². The first-order valence-corrected chi connectivity index (χ1v) is 6.31. The number of ether oxygens (including phenoxy) is 1. The number of nitrogens with zero attached hydrogens (tertiary/aromatic N) is 1. The number of rotatable bonds is 2. The van der Waals surface area contributed by atoms with Gasteiger partial charge in [0.2, 0.25) is 0 Å². The Hall–Kier alpha value is -1.06. The number of likely N-dealkylation sites (tertiary alicyclic amines) is 1. The lowest BCUT2D eigenvalue weighted by molar-refractivity contribution is -0.121. The molecule has 17 heavy (non-hydrogen) atoms. The van der Waals surface area contributed by atoms with Crippen LogP contribution < -0.4 is 0 Å². The van der Waals surface area contributed by atoms with Gasteiger partial charge in [0.25, 0.3) is 0 Å². The van der Waals surface area contributed by atoms with Gasteiger partial charge in [0.15, 0.2) is 0 Å². The van der Waals surface area contributed by atoms with Crippen molar-refractivity contribution < 1.29 is 14.3 Å². The normalized spacial score (nSPS) is 25.5. The number of hydrogen-bond donors (Lipinski definition) is 0. The second-order valence-electron chi connectivity index (χ2n) is 5.66. The highest BCUT2D eigenvalue weighted by atomic mass is 16.6. The van der Waals surface area contributed by atoms with Gasteiger partial charge >= 0.3 is 6.09 Å². The molecule has 1 atom stereocenters. The molecule has 1 aliphatic rings. The van der Waals surface area contributed by atoms with Gasteiger partial charge in [-0.25, -0.2) is 4.79 Å². The molecule has 0 aromatic rings. The number of piperidine rings is 1. The fraction of sp³-hybridized carbons (Fsp3) is 0.846. The average Bonchev–Trinajstić information content (AvgIpc) is 2.26. The predicted octanol–water partition coefficient (Wildman–Crippen LogP) is 2.76. The Balaban J connectivity index is 2.85. The molecule has 0 saturated carbocycles. The third-order valence-corrected chi connectivity index (χ3v) is 3.22. The number of carbonyl (C=O) groups excluding carboxylic acids is 2. The smallest absolute Gasteiger partial charge is 0.411 e. The van der Waals surface area contributed by atoms with Gasteiger partial charge in [-0.05, 0) is 46.5 Å². The molecule has 1 rings (SSSR count). The molecule has 1 saturated heterocycles. The van der Waals surface area contributed by atoms with Gasteiger partial charge in [0.05, 0.1) is 0 Å². The van der Waals surface area contributed by atoms with E-state index in [9.17, 15) is 9.59 Å². The van der Waals surface area contributed by atoms with E-state index in [1.165, 1.54) is 0 Å². The molecule has 0 aromatic carbocycles. The summed E-state index contributed by atoms with van der Waals surface area (Å²) < 4.78 is 5.36. The van der Waals surface area contributed by atoms with Crippen LogP contribution in [0.1, 0.15) is 53.4 Å². The van der Waals surface area contributed by atoms with Gasteiger partial charge in [-0.15, -0.1) is 0 Å². The minimum Gasteiger partial charge on any atom is -0.444 e. The lowest BCUT2D eigenvalue weighted by Gasteiger charge is -2.43. The second kappa shape index (κ2) is 5.07. The molecule has 1 unspecified atom stereocenters. The standard InChI is InChI=1S/C13H23NO3/c1-5-13(10-15)8-6-7-9-14(13)11(16)17-12(2,3)4/h10H,5-9H2,1-4H3. The molecule has 98 valence electrons. The summed E-state index contributed by atoms with van der Waals surface area (Å²) in [7, 11) is 0. The van der Waals surface area contributed by atoms with Gasteiger partial charge in [-0.3, -0.25) is 4.90 Å². The first-order chi connectivity index (χ1) is 7.84. The van der Waals surface area contributed by atoms with Gasteiger partial charge in [-0.1, -0.05) is 6.92 Å². The molecule has 0 N–H and O–H groups in total. The quantitative estimate of drug-likeness (QED) is 0.698. The van der Waals surface area contributed by atoms with Crippen LogP contribution in [0.2, 0.25) is 0 Å². The van der Waals surface area contributed by atoms with Crippen molar-refractivity contribution in [1.82, 2.24) is 4.90 Å². The van der Waals surface area contributed by atoms with Crippen molar-refractivity contribution in [3.63, 3.8) is 0 Å². The van der Waals surface area contributed by atoms with Crippen LogP contribution in [-0.4, -0.2) is 35.0 Å². The average molecular weight is 241 g/mol. The van der Waals surface area contributed by atoms with Gasteiger partial charge in [0.1, 0.15) is 17.4 Å². The summed E-state index contributed by atoms with van der Waals surface area (Å²) in [4.78, 5) is 25.0. The molecule has 4 nitrogen and oxygen atoms in total. The van der Waals surface area contributed by atoms with E-state index in [1.807, 2.05) is 27.7 Å². The topological polar surface area (TPSA) is 46.6 Å². The van der Waals surface area contributed by atoms with Crippen molar-refractivity contribution in [3.8, 4) is 0 Å². The second-order valence-corrected chi connectivity index (χ2v) is 5.66. The maximum Gasteiger partial charge on any atom is 0.411 e. The van der Waals surface area contributed by atoms with Gasteiger partial charge in [-0.2, -0.15) is 0 Å². The summed E-state index contributed by atoms with van der Waals surface area (Å²) >= 11 is 0. The van der Waals surface area contributed by atoms with E-state index in [-0.39, 0.29) is 6.09 Å². The highest BCUT2D eigenvalue weighted by Crippen LogP contribution is 2.30. The number of amides is 1. The van der Waals surface area contributed by atoms with E-state index in [0.29, 0.717) is 13.0 Å². The SMILES string of the molecule is CCC1(C=O)CCCCN1C(=O)OC(C)(C)C. The van der Waals surface area contributed by atoms with Crippen molar-refractivity contribution in [1.29, 1.82) is 0 Å². The van der Waals surface area contributed by atoms with E-state index >= 15 is 0 Å². The summed E-state index contributed by atoms with van der Waals surface area (Å²) in [5.74, 6) is 0. The van der Waals surface area contributed by atoms with Crippen molar-refractivity contribution >= 4 is 12.4 Å². The zero-order chi connectivity index (χ0) is 13.1. The molecule has 0 spiro atoms. The lowest BCUT2D eigenvalue weighted by Crippen LogP contribution is -2.56. The lowest BCUT2D eigenvalue weighted by atomic mass is 9.86. The minimum absolute atomic E-state index is 0.369. The largest absolute Gasteiger partial charge is 0.444 e. The fourth-order valence-electron chi connectivity index (χ4n) is 2.22. The summed E-state index contributed by atoms with van der Waals surface area (Å²) in [6, 6.07) is 0. The number of carbonyl (C=O) groups is 2. The summed E-state index contributed by atoms with van der Waals surface area (Å²) in [6.07, 6.45) is 3.87. The third kappa shape index (κ3) is 3.20. The molecule has 0 radical (unpaired) electrons. The maximum atomic E-state index is 12.1.